The lowest BCUT2D eigenvalue weighted by atomic mass is 10.1. The first-order valence-electron chi connectivity index (χ1n) is 4.64. The van der Waals surface area contributed by atoms with Gasteiger partial charge < -0.3 is 4.74 Å². The molecule has 0 atom stereocenters. The summed E-state index contributed by atoms with van der Waals surface area (Å²) >= 11 is 11.4. The number of nitrogens with zero attached hydrogens (tertiary/aromatic N) is 2. The number of benzene rings is 1. The molecule has 2 rings (SSSR count). The van der Waals surface area contributed by atoms with E-state index in [4.69, 9.17) is 27.9 Å². The molecular weight excluding hydrogens is 266 g/mol. The van der Waals surface area contributed by atoms with Gasteiger partial charge in [-0.25, -0.2) is 14.4 Å². The molecule has 0 unspecified atom stereocenters. The number of ether oxygens (including phenoxy) is 1. The van der Waals surface area contributed by atoms with E-state index in [0.717, 1.165) is 0 Å². The quantitative estimate of drug-likeness (QED) is 0.619. The van der Waals surface area contributed by atoms with Crippen LogP contribution in [0.15, 0.2) is 24.3 Å². The van der Waals surface area contributed by atoms with Crippen LogP contribution in [0.5, 0.6) is 5.75 Å². The van der Waals surface area contributed by atoms with E-state index in [-0.39, 0.29) is 16.2 Å². The molecule has 0 aliphatic carbocycles. The summed E-state index contributed by atoms with van der Waals surface area (Å²) < 4.78 is 18.3. The van der Waals surface area contributed by atoms with Gasteiger partial charge in [-0.1, -0.05) is 11.6 Å². The largest absolute Gasteiger partial charge is 0.494 e. The van der Waals surface area contributed by atoms with E-state index in [0.29, 0.717) is 11.3 Å². The number of halogens is 3. The Morgan fingerprint density at radius 2 is 1.94 bits per heavy atom. The van der Waals surface area contributed by atoms with Gasteiger partial charge in [-0.2, -0.15) is 0 Å². The van der Waals surface area contributed by atoms with Crippen molar-refractivity contribution in [2.75, 3.05) is 7.11 Å². The average molecular weight is 273 g/mol. The monoisotopic (exact) mass is 272 g/mol. The summed E-state index contributed by atoms with van der Waals surface area (Å²) in [6.45, 7) is 0. The van der Waals surface area contributed by atoms with Crippen LogP contribution in [-0.4, -0.2) is 17.1 Å². The first-order valence-corrected chi connectivity index (χ1v) is 5.40. The van der Waals surface area contributed by atoms with Crippen LogP contribution in [0.4, 0.5) is 4.39 Å². The molecule has 0 radical (unpaired) electrons. The summed E-state index contributed by atoms with van der Waals surface area (Å²) in [5.74, 6) is -0.309. The van der Waals surface area contributed by atoms with E-state index in [1.165, 1.54) is 25.3 Å². The molecule has 0 fully saturated rings. The Labute approximate surface area is 107 Å². The molecule has 0 spiro atoms. The van der Waals surface area contributed by atoms with E-state index in [1.54, 1.807) is 6.07 Å². The normalized spacial score (nSPS) is 10.4. The van der Waals surface area contributed by atoms with Gasteiger partial charge in [-0.15, -0.1) is 0 Å². The van der Waals surface area contributed by atoms with Gasteiger partial charge in [0.2, 0.25) is 5.28 Å². The molecule has 0 aliphatic rings. The second kappa shape index (κ2) is 4.85. The van der Waals surface area contributed by atoms with E-state index in [1.807, 2.05) is 0 Å². The molecule has 2 aromatic rings. The summed E-state index contributed by atoms with van der Waals surface area (Å²) in [5, 5.41) is 0.222. The summed E-state index contributed by atoms with van der Waals surface area (Å²) in [6, 6.07) is 5.98. The predicted octanol–water partition coefficient (Wildman–Crippen LogP) is 3.60. The molecule has 1 heterocycles. The predicted molar refractivity (Wildman–Crippen MR) is 64.0 cm³/mol. The van der Waals surface area contributed by atoms with Crippen molar-refractivity contribution in [1.82, 2.24) is 9.97 Å². The van der Waals surface area contributed by atoms with Crippen LogP contribution in [0, 0.1) is 5.82 Å². The minimum Gasteiger partial charge on any atom is -0.494 e. The molecule has 0 N–H and O–H groups in total. The third-order valence-electron chi connectivity index (χ3n) is 2.12. The summed E-state index contributed by atoms with van der Waals surface area (Å²) in [5.41, 5.74) is 1.01. The maximum Gasteiger partial charge on any atom is 0.224 e. The zero-order valence-corrected chi connectivity index (χ0v) is 10.3. The Kier molecular flexibility index (Phi) is 3.45. The number of hydrogen-bond donors (Lipinski definition) is 0. The van der Waals surface area contributed by atoms with Gasteiger partial charge >= 0.3 is 0 Å². The molecule has 17 heavy (non-hydrogen) atoms. The van der Waals surface area contributed by atoms with Gasteiger partial charge in [-0.05, 0) is 29.8 Å². The zero-order valence-electron chi connectivity index (χ0n) is 8.75. The second-order valence-corrected chi connectivity index (χ2v) is 3.92. The SMILES string of the molecule is COc1ccc(-c2cc(Cl)nc(Cl)n2)cc1F. The van der Waals surface area contributed by atoms with Crippen molar-refractivity contribution in [3.05, 3.63) is 40.5 Å². The van der Waals surface area contributed by atoms with Crippen LogP contribution >= 0.6 is 23.2 Å². The molecular formula is C11H7Cl2FN2O. The van der Waals surface area contributed by atoms with Gasteiger partial charge in [0.05, 0.1) is 12.8 Å². The summed E-state index contributed by atoms with van der Waals surface area (Å²) in [4.78, 5) is 7.68. The fourth-order valence-corrected chi connectivity index (χ4v) is 1.77. The Morgan fingerprint density at radius 3 is 2.53 bits per heavy atom. The molecule has 88 valence electrons. The average Bonchev–Trinajstić information content (AvgIpc) is 2.27. The molecule has 0 amide bonds. The van der Waals surface area contributed by atoms with Gasteiger partial charge in [0, 0.05) is 11.6 Å². The molecule has 1 aromatic heterocycles. The Hall–Kier alpha value is -1.39. The van der Waals surface area contributed by atoms with Crippen molar-refractivity contribution in [2.45, 2.75) is 0 Å². The maximum absolute atomic E-state index is 13.5. The van der Waals surface area contributed by atoms with Crippen molar-refractivity contribution in [1.29, 1.82) is 0 Å². The van der Waals surface area contributed by atoms with Crippen LogP contribution in [0.2, 0.25) is 10.4 Å². The summed E-state index contributed by atoms with van der Waals surface area (Å²) in [6.07, 6.45) is 0. The standard InChI is InChI=1S/C11H7Cl2FN2O/c1-17-9-3-2-6(4-7(9)14)8-5-10(12)16-11(13)15-8/h2-5H,1H3. The maximum atomic E-state index is 13.5. The number of methoxy groups -OCH3 is 1. The molecule has 0 bridgehead atoms. The highest BCUT2D eigenvalue weighted by molar-refractivity contribution is 6.32. The molecule has 6 heteroatoms. The topological polar surface area (TPSA) is 35.0 Å². The third kappa shape index (κ3) is 2.65. The number of rotatable bonds is 2. The minimum atomic E-state index is -0.476. The lowest BCUT2D eigenvalue weighted by Crippen LogP contribution is -1.91. The van der Waals surface area contributed by atoms with Crippen LogP contribution in [0.3, 0.4) is 0 Å². The lowest BCUT2D eigenvalue weighted by Gasteiger charge is -2.05. The highest BCUT2D eigenvalue weighted by Crippen LogP contribution is 2.26. The van der Waals surface area contributed by atoms with Crippen LogP contribution < -0.4 is 4.74 Å². The van der Waals surface area contributed by atoms with E-state index in [2.05, 4.69) is 9.97 Å². The third-order valence-corrected chi connectivity index (χ3v) is 2.48. The fraction of sp³-hybridized carbons (Fsp3) is 0.0909. The van der Waals surface area contributed by atoms with Crippen LogP contribution in [0.1, 0.15) is 0 Å². The van der Waals surface area contributed by atoms with E-state index >= 15 is 0 Å². The van der Waals surface area contributed by atoms with E-state index < -0.39 is 5.82 Å². The van der Waals surface area contributed by atoms with Crippen molar-refractivity contribution < 1.29 is 9.13 Å². The van der Waals surface area contributed by atoms with Gasteiger partial charge in [-0.3, -0.25) is 0 Å². The zero-order chi connectivity index (χ0) is 12.4. The molecule has 0 aliphatic heterocycles. The van der Waals surface area contributed by atoms with Crippen molar-refractivity contribution >= 4 is 23.2 Å². The molecule has 0 saturated heterocycles. The van der Waals surface area contributed by atoms with E-state index in [9.17, 15) is 4.39 Å². The highest BCUT2D eigenvalue weighted by Gasteiger charge is 2.08. The van der Waals surface area contributed by atoms with Gasteiger partial charge in [0.1, 0.15) is 5.15 Å². The summed E-state index contributed by atoms with van der Waals surface area (Å²) in [7, 11) is 1.40. The smallest absolute Gasteiger partial charge is 0.224 e. The number of hydrogen-bond acceptors (Lipinski definition) is 3. The van der Waals surface area contributed by atoms with Gasteiger partial charge in [0.15, 0.2) is 11.6 Å². The van der Waals surface area contributed by atoms with Crippen molar-refractivity contribution in [3.8, 4) is 17.0 Å². The van der Waals surface area contributed by atoms with Crippen LogP contribution in [-0.2, 0) is 0 Å². The second-order valence-electron chi connectivity index (χ2n) is 3.19. The van der Waals surface area contributed by atoms with Crippen molar-refractivity contribution in [3.63, 3.8) is 0 Å². The highest BCUT2D eigenvalue weighted by atomic mass is 35.5. The van der Waals surface area contributed by atoms with Crippen molar-refractivity contribution in [2.24, 2.45) is 0 Å². The van der Waals surface area contributed by atoms with Gasteiger partial charge in [0.25, 0.3) is 0 Å². The number of aromatic nitrogens is 2. The molecule has 0 saturated carbocycles. The lowest BCUT2D eigenvalue weighted by molar-refractivity contribution is 0.386. The first-order chi connectivity index (χ1) is 8.10. The molecule has 1 aromatic carbocycles. The van der Waals surface area contributed by atoms with Crippen LogP contribution in [0.25, 0.3) is 11.3 Å². The Bertz CT molecular complexity index is 543. The Balaban J connectivity index is 2.49. The first kappa shape index (κ1) is 12.1. The Morgan fingerprint density at radius 1 is 1.18 bits per heavy atom. The minimum absolute atomic E-state index is 0.0173. The fourth-order valence-electron chi connectivity index (χ4n) is 1.36. The molecule has 3 nitrogen and oxygen atoms in total.